The number of hydrogen-bond acceptors (Lipinski definition) is 4. The summed E-state index contributed by atoms with van der Waals surface area (Å²) in [5.74, 6) is 1.61. The van der Waals surface area contributed by atoms with E-state index in [1.54, 1.807) is 12.4 Å². The van der Waals surface area contributed by atoms with Gasteiger partial charge in [-0.1, -0.05) is 6.07 Å². The third kappa shape index (κ3) is 2.89. The van der Waals surface area contributed by atoms with E-state index in [9.17, 15) is 4.39 Å². The summed E-state index contributed by atoms with van der Waals surface area (Å²) in [7, 11) is 0. The molecular weight excluding hydrogens is 269 g/mol. The number of rotatable bonds is 3. The summed E-state index contributed by atoms with van der Waals surface area (Å²) in [5, 5.41) is 8.35. The normalized spacial score (nSPS) is 19.2. The molecule has 1 saturated heterocycles. The van der Waals surface area contributed by atoms with Gasteiger partial charge in [0.25, 0.3) is 0 Å². The summed E-state index contributed by atoms with van der Waals surface area (Å²) in [6.45, 7) is 5.97. The lowest BCUT2D eigenvalue weighted by atomic mass is 9.97. The second-order valence-electron chi connectivity index (χ2n) is 5.79. The molecule has 5 nitrogen and oxygen atoms in total. The fourth-order valence-electron chi connectivity index (χ4n) is 2.91. The van der Waals surface area contributed by atoms with Crippen LogP contribution in [0.2, 0.25) is 0 Å². The maximum atomic E-state index is 13.3. The third-order valence-electron chi connectivity index (χ3n) is 3.97. The zero-order chi connectivity index (χ0) is 14.8. The van der Waals surface area contributed by atoms with E-state index in [1.807, 2.05) is 6.07 Å². The molecule has 0 radical (unpaired) electrons. The van der Waals surface area contributed by atoms with Crippen molar-refractivity contribution in [2.75, 3.05) is 18.0 Å². The highest BCUT2D eigenvalue weighted by molar-refractivity contribution is 5.39. The van der Waals surface area contributed by atoms with Crippen molar-refractivity contribution in [1.82, 2.24) is 19.7 Å². The number of pyridine rings is 1. The van der Waals surface area contributed by atoms with E-state index in [-0.39, 0.29) is 0 Å². The molecule has 3 heterocycles. The van der Waals surface area contributed by atoms with Crippen molar-refractivity contribution >= 4 is 5.82 Å². The van der Waals surface area contributed by atoms with Crippen LogP contribution in [0, 0.1) is 5.95 Å². The molecule has 6 heteroatoms. The predicted molar refractivity (Wildman–Crippen MR) is 78.8 cm³/mol. The first-order chi connectivity index (χ1) is 10.1. The van der Waals surface area contributed by atoms with E-state index in [2.05, 4.69) is 38.5 Å². The van der Waals surface area contributed by atoms with Gasteiger partial charge in [-0.3, -0.25) is 0 Å². The molecule has 0 aromatic carbocycles. The molecule has 0 amide bonds. The monoisotopic (exact) mass is 289 g/mol. The number of nitrogens with zero attached hydrogens (tertiary/aromatic N) is 5. The van der Waals surface area contributed by atoms with Crippen molar-refractivity contribution in [2.24, 2.45) is 0 Å². The number of anilines is 1. The second-order valence-corrected chi connectivity index (χ2v) is 5.79. The Morgan fingerprint density at radius 1 is 1.33 bits per heavy atom. The molecule has 1 atom stereocenters. The van der Waals surface area contributed by atoms with E-state index in [4.69, 9.17) is 0 Å². The molecular formula is C15H20FN5. The Balaban J connectivity index is 1.81. The van der Waals surface area contributed by atoms with E-state index >= 15 is 0 Å². The molecule has 0 spiro atoms. The van der Waals surface area contributed by atoms with Gasteiger partial charge in [-0.25, -0.2) is 4.98 Å². The van der Waals surface area contributed by atoms with Gasteiger partial charge < -0.3 is 9.47 Å². The molecule has 0 aliphatic carbocycles. The Bertz CT molecular complexity index is 610. The fourth-order valence-corrected chi connectivity index (χ4v) is 2.91. The molecule has 2 aromatic rings. The van der Waals surface area contributed by atoms with Crippen molar-refractivity contribution in [3.8, 4) is 0 Å². The largest absolute Gasteiger partial charge is 0.356 e. The predicted octanol–water partition coefficient (Wildman–Crippen LogP) is 2.78. The summed E-state index contributed by atoms with van der Waals surface area (Å²) in [4.78, 5) is 6.12. The summed E-state index contributed by atoms with van der Waals surface area (Å²) >= 11 is 0. The maximum Gasteiger partial charge on any atom is 0.214 e. The van der Waals surface area contributed by atoms with Crippen molar-refractivity contribution in [1.29, 1.82) is 0 Å². The number of aromatic nitrogens is 4. The van der Waals surface area contributed by atoms with Gasteiger partial charge in [0.1, 0.15) is 18.0 Å². The molecule has 21 heavy (non-hydrogen) atoms. The van der Waals surface area contributed by atoms with Crippen LogP contribution < -0.4 is 4.90 Å². The summed E-state index contributed by atoms with van der Waals surface area (Å²) in [6.07, 6.45) is 3.92. The van der Waals surface area contributed by atoms with Crippen molar-refractivity contribution in [2.45, 2.75) is 38.6 Å². The molecule has 2 aromatic heterocycles. The molecule has 1 aliphatic heterocycles. The van der Waals surface area contributed by atoms with Crippen LogP contribution in [0.3, 0.4) is 0 Å². The minimum absolute atomic E-state index is 0.314. The molecule has 0 saturated carbocycles. The molecule has 1 unspecified atom stereocenters. The Kier molecular flexibility index (Phi) is 3.86. The number of hydrogen-bond donors (Lipinski definition) is 0. The minimum Gasteiger partial charge on any atom is -0.356 e. The summed E-state index contributed by atoms with van der Waals surface area (Å²) in [5.41, 5.74) is 0. The lowest BCUT2D eigenvalue weighted by molar-refractivity contribution is 0.451. The van der Waals surface area contributed by atoms with Crippen LogP contribution in [-0.2, 0) is 0 Å². The van der Waals surface area contributed by atoms with E-state index < -0.39 is 5.95 Å². The topological polar surface area (TPSA) is 46.8 Å². The Morgan fingerprint density at radius 2 is 2.19 bits per heavy atom. The molecule has 1 fully saturated rings. The first kappa shape index (κ1) is 14.0. The average molecular weight is 289 g/mol. The highest BCUT2D eigenvalue weighted by atomic mass is 19.1. The van der Waals surface area contributed by atoms with Crippen molar-refractivity contribution in [3.05, 3.63) is 36.3 Å². The van der Waals surface area contributed by atoms with Gasteiger partial charge in [-0.2, -0.15) is 4.39 Å². The quantitative estimate of drug-likeness (QED) is 0.815. The lowest BCUT2D eigenvalue weighted by Gasteiger charge is -2.33. The van der Waals surface area contributed by atoms with Crippen LogP contribution >= 0.6 is 0 Å². The van der Waals surface area contributed by atoms with Crippen LogP contribution in [0.25, 0.3) is 0 Å². The number of piperidine rings is 1. The van der Waals surface area contributed by atoms with Gasteiger partial charge in [0.15, 0.2) is 0 Å². The standard InChI is InChI=1S/C15H20FN5/c1-11(2)21-10-17-19-15(21)12-5-4-8-20(9-12)14-7-3-6-13(16)18-14/h3,6-7,10-12H,4-5,8-9H2,1-2H3. The molecule has 112 valence electrons. The average Bonchev–Trinajstić information content (AvgIpc) is 2.97. The summed E-state index contributed by atoms with van der Waals surface area (Å²) < 4.78 is 15.4. The second kappa shape index (κ2) is 5.79. The van der Waals surface area contributed by atoms with Crippen molar-refractivity contribution in [3.63, 3.8) is 0 Å². The van der Waals surface area contributed by atoms with Crippen LogP contribution in [-0.4, -0.2) is 32.8 Å². The summed E-state index contributed by atoms with van der Waals surface area (Å²) in [6, 6.07) is 5.29. The molecule has 3 rings (SSSR count). The van der Waals surface area contributed by atoms with Gasteiger partial charge in [-0.05, 0) is 38.8 Å². The molecule has 1 aliphatic rings. The fraction of sp³-hybridized carbons (Fsp3) is 0.533. The minimum atomic E-state index is -0.431. The van der Waals surface area contributed by atoms with Gasteiger partial charge >= 0.3 is 0 Å². The Labute approximate surface area is 123 Å². The van der Waals surface area contributed by atoms with Gasteiger partial charge in [0, 0.05) is 25.0 Å². The first-order valence-electron chi connectivity index (χ1n) is 7.42. The van der Waals surface area contributed by atoms with Crippen LogP contribution in [0.1, 0.15) is 44.5 Å². The van der Waals surface area contributed by atoms with Gasteiger partial charge in [0.05, 0.1) is 0 Å². The lowest BCUT2D eigenvalue weighted by Crippen LogP contribution is -2.36. The van der Waals surface area contributed by atoms with E-state index in [0.29, 0.717) is 17.8 Å². The van der Waals surface area contributed by atoms with E-state index in [1.165, 1.54) is 6.07 Å². The van der Waals surface area contributed by atoms with Crippen LogP contribution in [0.5, 0.6) is 0 Å². The van der Waals surface area contributed by atoms with Crippen LogP contribution in [0.4, 0.5) is 10.2 Å². The van der Waals surface area contributed by atoms with Crippen molar-refractivity contribution < 1.29 is 4.39 Å². The zero-order valence-electron chi connectivity index (χ0n) is 12.4. The Hall–Kier alpha value is -1.98. The van der Waals surface area contributed by atoms with Crippen LogP contribution in [0.15, 0.2) is 24.5 Å². The Morgan fingerprint density at radius 3 is 2.95 bits per heavy atom. The SMILES string of the molecule is CC(C)n1cnnc1C1CCCN(c2cccc(F)n2)C1. The van der Waals surface area contributed by atoms with Gasteiger partial charge in [0.2, 0.25) is 5.95 Å². The zero-order valence-corrected chi connectivity index (χ0v) is 12.4. The smallest absolute Gasteiger partial charge is 0.214 e. The highest BCUT2D eigenvalue weighted by Gasteiger charge is 2.26. The third-order valence-corrected chi connectivity index (χ3v) is 3.97. The first-order valence-corrected chi connectivity index (χ1v) is 7.42. The molecule has 0 N–H and O–H groups in total. The molecule has 0 bridgehead atoms. The highest BCUT2D eigenvalue weighted by Crippen LogP contribution is 2.29. The number of halogens is 1. The maximum absolute atomic E-state index is 13.3. The van der Waals surface area contributed by atoms with E-state index in [0.717, 1.165) is 31.8 Å². The van der Waals surface area contributed by atoms with Gasteiger partial charge in [-0.15, -0.1) is 10.2 Å².